The van der Waals surface area contributed by atoms with E-state index in [0.717, 1.165) is 28.8 Å². The predicted molar refractivity (Wildman–Crippen MR) is 126 cm³/mol. The number of fused-ring (bicyclic) bond motifs is 1. The maximum Gasteiger partial charge on any atom is 0.335 e. The van der Waals surface area contributed by atoms with Crippen LogP contribution in [0.3, 0.4) is 0 Å². The number of aliphatic hydroxyl groups is 5. The highest BCUT2D eigenvalue weighted by molar-refractivity contribution is 6.04. The molecule has 10 nitrogen and oxygen atoms in total. The van der Waals surface area contributed by atoms with E-state index in [2.05, 4.69) is 0 Å². The molecule has 0 bridgehead atoms. The van der Waals surface area contributed by atoms with E-state index in [1.165, 1.54) is 12.1 Å². The third-order valence-electron chi connectivity index (χ3n) is 6.70. The van der Waals surface area contributed by atoms with Crippen LogP contribution in [0.5, 0.6) is 5.75 Å². The molecule has 0 spiro atoms. The Bertz CT molecular complexity index is 1610. The number of carboxylic acids is 1. The van der Waals surface area contributed by atoms with Gasteiger partial charge in [0.05, 0.1) is 22.2 Å². The Labute approximate surface area is 216 Å². The van der Waals surface area contributed by atoms with E-state index in [9.17, 15) is 53.7 Å². The van der Waals surface area contributed by atoms with Crippen LogP contribution in [0.2, 0.25) is 0 Å². The Balaban J connectivity index is 2.03. The molecule has 0 unspecified atom stereocenters. The van der Waals surface area contributed by atoms with Crippen molar-refractivity contribution in [1.82, 2.24) is 4.57 Å². The maximum atomic E-state index is 14.6. The van der Waals surface area contributed by atoms with Crippen LogP contribution in [0.1, 0.15) is 16.1 Å². The average Bonchev–Trinajstić information content (AvgIpc) is 3.19. The van der Waals surface area contributed by atoms with Crippen molar-refractivity contribution in [3.8, 4) is 22.6 Å². The van der Waals surface area contributed by atoms with Crippen LogP contribution >= 0.6 is 0 Å². The van der Waals surface area contributed by atoms with Gasteiger partial charge in [-0.05, 0) is 35.9 Å². The lowest BCUT2D eigenvalue weighted by Crippen LogP contribution is -2.72. The van der Waals surface area contributed by atoms with Crippen molar-refractivity contribution in [3.63, 3.8) is 0 Å². The molecular formula is C26H20F3NO9. The topological polar surface area (TPSA) is 173 Å². The summed E-state index contributed by atoms with van der Waals surface area (Å²) < 4.78 is 48.5. The van der Waals surface area contributed by atoms with Crippen LogP contribution in [0.4, 0.5) is 13.2 Å². The Morgan fingerprint density at radius 1 is 0.846 bits per heavy atom. The molecule has 0 atom stereocenters. The molecule has 1 saturated heterocycles. The van der Waals surface area contributed by atoms with Gasteiger partial charge in [-0.2, -0.15) is 0 Å². The molecule has 3 aromatic carbocycles. The predicted octanol–water partition coefficient (Wildman–Crippen LogP) is 1.70. The van der Waals surface area contributed by atoms with Gasteiger partial charge >= 0.3 is 5.97 Å². The molecule has 0 amide bonds. The second kappa shape index (κ2) is 8.77. The molecule has 0 aliphatic carbocycles. The number of rotatable bonds is 4. The first-order valence-corrected chi connectivity index (χ1v) is 11.3. The zero-order valence-corrected chi connectivity index (χ0v) is 19.6. The first kappa shape index (κ1) is 26.6. The molecule has 1 aromatic heterocycles. The summed E-state index contributed by atoms with van der Waals surface area (Å²) in [6.07, 6.45) is 0. The highest BCUT2D eigenvalue weighted by Crippen LogP contribution is 2.52. The van der Waals surface area contributed by atoms with Crippen molar-refractivity contribution >= 4 is 16.9 Å². The van der Waals surface area contributed by atoms with Gasteiger partial charge < -0.3 is 45.0 Å². The Morgan fingerprint density at radius 3 is 2.03 bits per heavy atom. The maximum absolute atomic E-state index is 14.6. The summed E-state index contributed by atoms with van der Waals surface area (Å²) in [6.45, 7) is -2.13. The zero-order chi connectivity index (χ0) is 28.5. The second-order valence-electron chi connectivity index (χ2n) is 9.20. The number of aromatic hydroxyl groups is 1. The number of hydrogen-bond donors (Lipinski definition) is 7. The Kier molecular flexibility index (Phi) is 5.99. The Morgan fingerprint density at radius 2 is 1.46 bits per heavy atom. The summed E-state index contributed by atoms with van der Waals surface area (Å²) in [5.74, 6) is -12.7. The molecule has 204 valence electrons. The van der Waals surface area contributed by atoms with E-state index >= 15 is 0 Å². The molecule has 5 rings (SSSR count). The van der Waals surface area contributed by atoms with E-state index in [1.54, 1.807) is 0 Å². The minimum atomic E-state index is -3.52. The third-order valence-corrected chi connectivity index (χ3v) is 6.70. The SMILES string of the molecule is O=C(O)c1ccc(-c2c(C3(O)C(O)(O)COCC3(O)O)n(-c3ccc(F)c(F)c3)c3cc(F)cc(O)c23)cc1. The fourth-order valence-electron chi connectivity index (χ4n) is 4.90. The first-order valence-electron chi connectivity index (χ1n) is 11.3. The van der Waals surface area contributed by atoms with Crippen molar-refractivity contribution in [2.45, 2.75) is 17.2 Å². The molecule has 7 N–H and O–H groups in total. The molecule has 39 heavy (non-hydrogen) atoms. The van der Waals surface area contributed by atoms with Gasteiger partial charge in [0.25, 0.3) is 0 Å². The zero-order valence-electron chi connectivity index (χ0n) is 19.6. The van der Waals surface area contributed by atoms with E-state index in [-0.39, 0.29) is 33.3 Å². The van der Waals surface area contributed by atoms with Gasteiger partial charge in [-0.25, -0.2) is 18.0 Å². The molecular weight excluding hydrogens is 527 g/mol. The van der Waals surface area contributed by atoms with Crippen LogP contribution in [-0.4, -0.2) is 71.1 Å². The number of nitrogens with zero attached hydrogens (tertiary/aromatic N) is 1. The van der Waals surface area contributed by atoms with Crippen LogP contribution in [0.15, 0.2) is 54.6 Å². The van der Waals surface area contributed by atoms with Crippen molar-refractivity contribution in [2.24, 2.45) is 0 Å². The van der Waals surface area contributed by atoms with Crippen LogP contribution < -0.4 is 0 Å². The quantitative estimate of drug-likeness (QED) is 0.188. The molecule has 1 aliphatic rings. The van der Waals surface area contributed by atoms with Crippen molar-refractivity contribution < 1.29 is 58.4 Å². The minimum Gasteiger partial charge on any atom is -0.507 e. The first-order chi connectivity index (χ1) is 18.2. The fourth-order valence-corrected chi connectivity index (χ4v) is 4.90. The minimum absolute atomic E-state index is 0.0187. The third kappa shape index (κ3) is 3.86. The lowest BCUT2D eigenvalue weighted by atomic mass is 9.77. The normalized spacial score (nSPS) is 17.8. The van der Waals surface area contributed by atoms with Crippen molar-refractivity contribution in [1.29, 1.82) is 0 Å². The van der Waals surface area contributed by atoms with Crippen LogP contribution in [-0.2, 0) is 10.3 Å². The average molecular weight is 547 g/mol. The number of halogens is 3. The number of benzene rings is 3. The fraction of sp³-hybridized carbons (Fsp3) is 0.192. The molecule has 1 aliphatic heterocycles. The molecule has 4 aromatic rings. The van der Waals surface area contributed by atoms with Crippen molar-refractivity contribution in [2.75, 3.05) is 13.2 Å². The van der Waals surface area contributed by atoms with Gasteiger partial charge in [0, 0.05) is 23.4 Å². The molecule has 2 heterocycles. The molecule has 0 radical (unpaired) electrons. The monoisotopic (exact) mass is 547 g/mol. The van der Waals surface area contributed by atoms with E-state index in [1.807, 2.05) is 0 Å². The second-order valence-corrected chi connectivity index (χ2v) is 9.20. The number of carboxylic acid groups (broad SMARTS) is 1. The molecule has 1 fully saturated rings. The van der Waals surface area contributed by atoms with E-state index < -0.39 is 65.3 Å². The van der Waals surface area contributed by atoms with Gasteiger partial charge in [0.2, 0.25) is 17.2 Å². The number of carbonyl (C=O) groups is 1. The summed E-state index contributed by atoms with van der Waals surface area (Å²) in [4.78, 5) is 11.4. The summed E-state index contributed by atoms with van der Waals surface area (Å²) in [6, 6.07) is 8.46. The number of phenolic OH excluding ortho intramolecular Hbond substituents is 1. The standard InChI is InChI=1S/C26H20F3NO9/c27-14-7-18-21(19(31)8-14)20(12-1-3-13(4-2-12)23(32)33)22(30(18)15-5-6-16(28)17(29)9-15)26(38)24(34,35)10-39-11-25(26,36)37/h1-9,31,34-38H,10-11H2,(H,32,33). The molecule has 0 saturated carbocycles. The van der Waals surface area contributed by atoms with Gasteiger partial charge in [-0.15, -0.1) is 0 Å². The van der Waals surface area contributed by atoms with Crippen LogP contribution in [0, 0.1) is 17.5 Å². The van der Waals surface area contributed by atoms with Gasteiger partial charge in [-0.3, -0.25) is 0 Å². The number of aromatic nitrogens is 1. The van der Waals surface area contributed by atoms with E-state index in [0.29, 0.717) is 18.2 Å². The highest BCUT2D eigenvalue weighted by atomic mass is 19.2. The Hall–Kier alpha value is -3.98. The van der Waals surface area contributed by atoms with Gasteiger partial charge in [0.15, 0.2) is 11.6 Å². The summed E-state index contributed by atoms with van der Waals surface area (Å²) in [5, 5.41) is 75.3. The number of hydrogen-bond acceptors (Lipinski definition) is 8. The highest BCUT2D eigenvalue weighted by Gasteiger charge is 2.68. The van der Waals surface area contributed by atoms with Crippen LogP contribution in [0.25, 0.3) is 27.7 Å². The number of aromatic carboxylic acids is 1. The summed E-state index contributed by atoms with van der Waals surface area (Å²) in [5.41, 5.74) is -5.54. The number of phenols is 1. The lowest BCUT2D eigenvalue weighted by molar-refractivity contribution is -0.432. The van der Waals surface area contributed by atoms with Crippen molar-refractivity contribution in [3.05, 3.63) is 83.3 Å². The summed E-state index contributed by atoms with van der Waals surface area (Å²) in [7, 11) is 0. The van der Waals surface area contributed by atoms with Gasteiger partial charge in [0.1, 0.15) is 24.8 Å². The van der Waals surface area contributed by atoms with E-state index in [4.69, 9.17) is 4.74 Å². The smallest absolute Gasteiger partial charge is 0.335 e. The molecule has 13 heteroatoms. The summed E-state index contributed by atoms with van der Waals surface area (Å²) >= 11 is 0. The largest absolute Gasteiger partial charge is 0.507 e. The lowest BCUT2D eigenvalue weighted by Gasteiger charge is -2.50. The number of ether oxygens (including phenoxy) is 1. The van der Waals surface area contributed by atoms with Gasteiger partial charge in [-0.1, -0.05) is 12.1 Å².